The molecule has 0 saturated carbocycles. The number of ether oxygens (including phenoxy) is 2. The summed E-state index contributed by atoms with van der Waals surface area (Å²) in [6.07, 6.45) is 15.4. The van der Waals surface area contributed by atoms with Gasteiger partial charge in [0.15, 0.2) is 0 Å². The lowest BCUT2D eigenvalue weighted by Gasteiger charge is -2.12. The molecule has 2 aromatic carbocycles. The van der Waals surface area contributed by atoms with Crippen molar-refractivity contribution >= 4 is 68.9 Å². The highest BCUT2D eigenvalue weighted by atomic mass is 16.5. The topological polar surface area (TPSA) is 275 Å². The Morgan fingerprint density at radius 1 is 0.895 bits per heavy atom. The summed E-state index contributed by atoms with van der Waals surface area (Å²) < 4.78 is 17.1. The average Bonchev–Trinajstić information content (AvgIpc) is 3.85. The van der Waals surface area contributed by atoms with Gasteiger partial charge in [-0.3, -0.25) is 29.4 Å². The summed E-state index contributed by atoms with van der Waals surface area (Å²) in [6.45, 7) is 6.44. The number of amides is 3. The van der Waals surface area contributed by atoms with Crippen LogP contribution in [0.4, 0.5) is 11.6 Å². The Hall–Kier alpha value is -7.50. The van der Waals surface area contributed by atoms with Gasteiger partial charge in [0, 0.05) is 48.4 Å². The predicted octanol–water partition coefficient (Wildman–Crippen LogP) is 3.58. The van der Waals surface area contributed by atoms with Crippen LogP contribution in [0, 0.1) is 5.41 Å². The highest BCUT2D eigenvalue weighted by molar-refractivity contribution is 6.47. The van der Waals surface area contributed by atoms with Crippen molar-refractivity contribution in [2.24, 2.45) is 22.2 Å². The van der Waals surface area contributed by atoms with Crippen LogP contribution in [0.25, 0.3) is 28.1 Å². The third kappa shape index (κ3) is 9.98. The van der Waals surface area contributed by atoms with E-state index in [1.54, 1.807) is 72.8 Å². The van der Waals surface area contributed by atoms with Crippen molar-refractivity contribution in [3.8, 4) is 11.5 Å². The number of benzene rings is 2. The molecule has 0 aliphatic heterocycles. The van der Waals surface area contributed by atoms with E-state index in [-0.39, 0.29) is 42.5 Å². The van der Waals surface area contributed by atoms with Crippen molar-refractivity contribution in [3.05, 3.63) is 95.8 Å². The first-order chi connectivity index (χ1) is 27.3. The van der Waals surface area contributed by atoms with Crippen LogP contribution < -0.4 is 37.7 Å². The zero-order valence-corrected chi connectivity index (χ0v) is 32.0. The summed E-state index contributed by atoms with van der Waals surface area (Å²) >= 11 is 0. The molecule has 296 valence electrons. The first kappa shape index (κ1) is 40.7. The molecule has 5 rings (SSSR count). The maximum absolute atomic E-state index is 13.6. The number of nitrogens with one attached hydrogen (secondary N) is 2. The zero-order chi connectivity index (χ0) is 41.2. The van der Waals surface area contributed by atoms with Crippen molar-refractivity contribution in [2.75, 3.05) is 31.3 Å². The second kappa shape index (κ2) is 18.2. The van der Waals surface area contributed by atoms with E-state index in [0.717, 1.165) is 0 Å². The van der Waals surface area contributed by atoms with Crippen LogP contribution in [-0.4, -0.2) is 78.3 Å². The van der Waals surface area contributed by atoms with Gasteiger partial charge in [0.1, 0.15) is 40.7 Å². The van der Waals surface area contributed by atoms with E-state index in [0.29, 0.717) is 69.6 Å². The molecule has 0 spiro atoms. The Balaban J connectivity index is 1.56. The quantitative estimate of drug-likeness (QED) is 0.0556. The van der Waals surface area contributed by atoms with Gasteiger partial charge in [0.25, 0.3) is 5.91 Å². The van der Waals surface area contributed by atoms with Crippen LogP contribution in [-0.2, 0) is 24.4 Å². The van der Waals surface area contributed by atoms with Gasteiger partial charge < -0.3 is 47.0 Å². The Bertz CT molecular complexity index is 2490. The summed E-state index contributed by atoms with van der Waals surface area (Å²) in [7, 11) is 1.49. The monoisotopic (exact) mass is 775 g/mol. The molecule has 10 N–H and O–H groups in total. The zero-order valence-electron chi connectivity index (χ0n) is 32.0. The average molecular weight is 776 g/mol. The second-order valence-corrected chi connectivity index (χ2v) is 12.7. The molecular weight excluding hydrogens is 731 g/mol. The molecule has 3 aromatic heterocycles. The van der Waals surface area contributed by atoms with Gasteiger partial charge >= 0.3 is 0 Å². The minimum atomic E-state index is -0.691. The summed E-state index contributed by atoms with van der Waals surface area (Å²) in [6, 6.07) is 6.19. The maximum Gasteiger partial charge on any atom is 0.276 e. The van der Waals surface area contributed by atoms with Gasteiger partial charge in [0.2, 0.25) is 17.8 Å². The van der Waals surface area contributed by atoms with Gasteiger partial charge in [-0.1, -0.05) is 18.2 Å². The SMILES string of the molecule is CCN=C(/C=C(/C)N)C(=O)Nc1nc2cc(C(N)=O)cc(OC/C=C/Cn3cc(N)cn3)c2n1C/C=C/Cn1c(/C=C/C(C)=N)nc2cc(C(N)=O)cc(OC)c21. The smallest absolute Gasteiger partial charge is 0.276 e. The van der Waals surface area contributed by atoms with E-state index >= 15 is 0 Å². The number of nitrogens with two attached hydrogens (primary N) is 4. The third-order valence-corrected chi connectivity index (χ3v) is 8.26. The fourth-order valence-electron chi connectivity index (χ4n) is 5.78. The Morgan fingerprint density at radius 2 is 1.53 bits per heavy atom. The van der Waals surface area contributed by atoms with Crippen molar-refractivity contribution in [1.29, 1.82) is 5.41 Å². The van der Waals surface area contributed by atoms with Crippen LogP contribution in [0.1, 0.15) is 47.3 Å². The van der Waals surface area contributed by atoms with Crippen molar-refractivity contribution in [2.45, 2.75) is 40.4 Å². The number of primary amides is 2. The molecule has 57 heavy (non-hydrogen) atoms. The highest BCUT2D eigenvalue weighted by Crippen LogP contribution is 2.32. The van der Waals surface area contributed by atoms with E-state index in [1.165, 1.54) is 25.3 Å². The molecule has 18 nitrogen and oxygen atoms in total. The molecule has 0 aliphatic carbocycles. The number of aromatic nitrogens is 6. The molecule has 0 aliphatic rings. The Labute approximate surface area is 327 Å². The number of hydrogen-bond donors (Lipinski definition) is 6. The number of allylic oxidation sites excluding steroid dienone is 5. The standard InChI is InChI=1S/C39H45N13O5/c1-5-45-30(16-24(3)41)38(55)49-39-48-29-18-26(37(44)54)20-32(57-15-9-8-12-50-22-27(42)21-46-50)35(29)52(39)14-7-6-13-51-33(11-10-23(2)40)47-28-17-25(36(43)53)19-31(56-4)34(28)51/h6-11,16-22,40H,5,12-15,41-42H2,1-4H3,(H2,43,53)(H2,44,54)(H,48,49,55)/b7-6+,9-8+,11-10+,24-16-,40-23?,45-30?. The van der Waals surface area contributed by atoms with Crippen molar-refractivity contribution in [1.82, 2.24) is 28.9 Å². The number of hydrogen-bond acceptors (Lipinski definition) is 12. The van der Waals surface area contributed by atoms with E-state index in [1.807, 2.05) is 22.8 Å². The lowest BCUT2D eigenvalue weighted by atomic mass is 10.1. The minimum absolute atomic E-state index is 0.103. The lowest BCUT2D eigenvalue weighted by molar-refractivity contribution is -0.110. The largest absolute Gasteiger partial charge is 0.494 e. The molecule has 0 fully saturated rings. The number of nitrogen functional groups attached to an aromatic ring is 1. The maximum atomic E-state index is 13.6. The van der Waals surface area contributed by atoms with E-state index in [2.05, 4.69) is 15.4 Å². The molecule has 0 atom stereocenters. The summed E-state index contributed by atoms with van der Waals surface area (Å²) in [5.41, 5.74) is 26.6. The normalized spacial score (nSPS) is 12.4. The fraction of sp³-hybridized carbons (Fsp3) is 0.231. The van der Waals surface area contributed by atoms with Crippen LogP contribution in [0.5, 0.6) is 11.5 Å². The Kier molecular flexibility index (Phi) is 13.0. The minimum Gasteiger partial charge on any atom is -0.494 e. The summed E-state index contributed by atoms with van der Waals surface area (Å²) in [5.74, 6) is -0.538. The van der Waals surface area contributed by atoms with Crippen molar-refractivity contribution < 1.29 is 23.9 Å². The molecule has 3 amide bonds. The van der Waals surface area contributed by atoms with Gasteiger partial charge in [-0.25, -0.2) is 9.97 Å². The molecule has 3 heterocycles. The van der Waals surface area contributed by atoms with Gasteiger partial charge in [-0.05, 0) is 69.3 Å². The molecule has 0 saturated heterocycles. The first-order valence-electron chi connectivity index (χ1n) is 17.7. The number of imidazole rings is 2. The number of rotatable bonds is 18. The third-order valence-electron chi connectivity index (χ3n) is 8.26. The molecule has 18 heteroatoms. The number of anilines is 2. The summed E-state index contributed by atoms with van der Waals surface area (Å²) in [5, 5.41) is 14.9. The van der Waals surface area contributed by atoms with Crippen LogP contribution in [0.3, 0.4) is 0 Å². The molecule has 0 radical (unpaired) electrons. The fourth-order valence-corrected chi connectivity index (χ4v) is 5.78. The Morgan fingerprint density at radius 3 is 2.12 bits per heavy atom. The number of carbonyl (C=O) groups is 3. The second-order valence-electron chi connectivity index (χ2n) is 12.7. The van der Waals surface area contributed by atoms with Gasteiger partial charge in [0.05, 0.1) is 36.6 Å². The summed E-state index contributed by atoms with van der Waals surface area (Å²) in [4.78, 5) is 51.7. The van der Waals surface area contributed by atoms with Gasteiger partial charge in [-0.15, -0.1) is 0 Å². The van der Waals surface area contributed by atoms with Crippen LogP contribution >= 0.6 is 0 Å². The van der Waals surface area contributed by atoms with Gasteiger partial charge in [-0.2, -0.15) is 5.10 Å². The van der Waals surface area contributed by atoms with E-state index in [4.69, 9.17) is 47.8 Å². The number of nitrogens with zero attached hydrogens (tertiary/aromatic N) is 7. The lowest BCUT2D eigenvalue weighted by Crippen LogP contribution is -2.24. The number of aliphatic imine (C=N–C) groups is 1. The number of carbonyl (C=O) groups excluding carboxylic acids is 3. The van der Waals surface area contributed by atoms with E-state index in [9.17, 15) is 14.4 Å². The molecule has 0 unspecified atom stereocenters. The molecule has 0 bridgehead atoms. The van der Waals surface area contributed by atoms with Crippen LogP contribution in [0.2, 0.25) is 0 Å². The first-order valence-corrected chi connectivity index (χ1v) is 17.7. The number of methoxy groups -OCH3 is 1. The number of fused-ring (bicyclic) bond motifs is 2. The van der Waals surface area contributed by atoms with Crippen LogP contribution in [0.15, 0.2) is 83.8 Å². The highest BCUT2D eigenvalue weighted by Gasteiger charge is 2.21. The molecular formula is C39H45N13O5. The predicted molar refractivity (Wildman–Crippen MR) is 220 cm³/mol. The van der Waals surface area contributed by atoms with Crippen molar-refractivity contribution in [3.63, 3.8) is 0 Å². The van der Waals surface area contributed by atoms with E-state index < -0.39 is 17.7 Å². The molecule has 5 aromatic rings.